The maximum atomic E-state index is 11.0. The highest BCUT2D eigenvalue weighted by atomic mass is 16.5. The summed E-state index contributed by atoms with van der Waals surface area (Å²) in [4.78, 5) is 11.0. The molecule has 0 aromatic carbocycles. The third kappa shape index (κ3) is 9.34. The van der Waals surface area contributed by atoms with Crippen molar-refractivity contribution >= 4 is 5.97 Å². The Kier molecular flexibility index (Phi) is 4.99. The molecule has 3 nitrogen and oxygen atoms in total. The van der Waals surface area contributed by atoms with Crippen molar-refractivity contribution < 1.29 is 14.6 Å². The number of aliphatic hydroxyl groups is 1. The molecule has 0 aliphatic carbocycles. The summed E-state index contributed by atoms with van der Waals surface area (Å²) in [7, 11) is 0. The van der Waals surface area contributed by atoms with Gasteiger partial charge >= 0.3 is 5.97 Å². The van der Waals surface area contributed by atoms with E-state index in [0.29, 0.717) is 6.61 Å². The normalized spacial score (nSPS) is 13.9. The first-order chi connectivity index (χ1) is 5.81. The Morgan fingerprint density at radius 1 is 1.46 bits per heavy atom. The Balaban J connectivity index is 3.49. The van der Waals surface area contributed by atoms with E-state index in [1.54, 1.807) is 6.92 Å². The van der Waals surface area contributed by atoms with Crippen molar-refractivity contribution in [2.45, 2.75) is 46.6 Å². The summed E-state index contributed by atoms with van der Waals surface area (Å²) in [6.45, 7) is 8.29. The minimum absolute atomic E-state index is 0.0874. The van der Waals surface area contributed by atoms with E-state index in [1.165, 1.54) is 0 Å². The fourth-order valence-electron chi connectivity index (χ4n) is 0.771. The second-order valence-corrected chi connectivity index (χ2v) is 4.58. The molecule has 1 N–H and O–H groups in total. The summed E-state index contributed by atoms with van der Waals surface area (Å²) in [5.74, 6) is -0.320. The smallest absolute Gasteiger partial charge is 0.308 e. The lowest BCUT2D eigenvalue weighted by molar-refractivity contribution is -0.146. The van der Waals surface area contributed by atoms with Gasteiger partial charge in [-0.3, -0.25) is 4.79 Å². The van der Waals surface area contributed by atoms with Gasteiger partial charge in [0.15, 0.2) is 0 Å². The highest BCUT2D eigenvalue weighted by Gasteiger charge is 2.12. The number of carbonyl (C=O) groups is 1. The number of carbonyl (C=O) groups excluding carboxylic acids is 1. The minimum atomic E-state index is -0.609. The number of aliphatic hydroxyl groups excluding tert-OH is 1. The molecule has 78 valence electrons. The van der Waals surface area contributed by atoms with Crippen LogP contribution in [-0.4, -0.2) is 23.8 Å². The molecule has 0 saturated carbocycles. The molecule has 0 rings (SSSR count). The molecule has 0 spiro atoms. The molecular formula is C10H20O3. The maximum Gasteiger partial charge on any atom is 0.308 e. The summed E-state index contributed by atoms with van der Waals surface area (Å²) in [6.07, 6.45) is 0.324. The second kappa shape index (κ2) is 5.22. The van der Waals surface area contributed by atoms with E-state index in [4.69, 9.17) is 9.84 Å². The molecule has 0 aromatic heterocycles. The fourth-order valence-corrected chi connectivity index (χ4v) is 0.771. The molecule has 1 atom stereocenters. The average Bonchev–Trinajstić information content (AvgIpc) is 1.81. The van der Waals surface area contributed by atoms with E-state index in [-0.39, 0.29) is 17.8 Å². The van der Waals surface area contributed by atoms with Gasteiger partial charge in [0.25, 0.3) is 0 Å². The number of hydrogen-bond donors (Lipinski definition) is 1. The van der Waals surface area contributed by atoms with Gasteiger partial charge in [-0.2, -0.15) is 0 Å². The van der Waals surface area contributed by atoms with Crippen molar-refractivity contribution in [1.82, 2.24) is 0 Å². The largest absolute Gasteiger partial charge is 0.466 e. The number of hydrogen-bond acceptors (Lipinski definition) is 3. The monoisotopic (exact) mass is 188 g/mol. The zero-order chi connectivity index (χ0) is 10.5. The van der Waals surface area contributed by atoms with Crippen molar-refractivity contribution in [2.75, 3.05) is 6.61 Å². The molecule has 13 heavy (non-hydrogen) atoms. The van der Waals surface area contributed by atoms with Gasteiger partial charge in [0.05, 0.1) is 19.1 Å². The van der Waals surface area contributed by atoms with E-state index >= 15 is 0 Å². The standard InChI is InChI=1S/C10H20O3/c1-8(11)7-9(12)13-6-5-10(2,3)4/h8,11H,5-7H2,1-4H3. The Hall–Kier alpha value is -0.570. The second-order valence-electron chi connectivity index (χ2n) is 4.58. The van der Waals surface area contributed by atoms with Crippen LogP contribution in [0, 0.1) is 5.41 Å². The molecule has 3 heteroatoms. The van der Waals surface area contributed by atoms with Gasteiger partial charge in [0.2, 0.25) is 0 Å². The highest BCUT2D eigenvalue weighted by Crippen LogP contribution is 2.17. The molecule has 0 fully saturated rings. The molecule has 0 bridgehead atoms. The Bertz CT molecular complexity index is 156. The number of ether oxygens (including phenoxy) is 1. The zero-order valence-corrected chi connectivity index (χ0v) is 8.96. The third-order valence-electron chi connectivity index (χ3n) is 1.58. The van der Waals surface area contributed by atoms with Gasteiger partial charge in [0.1, 0.15) is 0 Å². The van der Waals surface area contributed by atoms with Crippen molar-refractivity contribution in [1.29, 1.82) is 0 Å². The molecule has 1 unspecified atom stereocenters. The Morgan fingerprint density at radius 2 is 2.00 bits per heavy atom. The summed E-state index contributed by atoms with van der Waals surface area (Å²) < 4.78 is 4.93. The van der Waals surface area contributed by atoms with Crippen molar-refractivity contribution in [3.8, 4) is 0 Å². The molecule has 0 saturated heterocycles. The lowest BCUT2D eigenvalue weighted by Crippen LogP contribution is -2.16. The Morgan fingerprint density at radius 3 is 2.38 bits per heavy atom. The van der Waals surface area contributed by atoms with Gasteiger partial charge < -0.3 is 9.84 Å². The van der Waals surface area contributed by atoms with Crippen molar-refractivity contribution in [2.24, 2.45) is 5.41 Å². The quantitative estimate of drug-likeness (QED) is 0.683. The highest BCUT2D eigenvalue weighted by molar-refractivity contribution is 5.69. The van der Waals surface area contributed by atoms with Crippen LogP contribution in [0.4, 0.5) is 0 Å². The fraction of sp³-hybridized carbons (Fsp3) is 0.900. The molecule has 0 radical (unpaired) electrons. The van der Waals surface area contributed by atoms with Gasteiger partial charge in [-0.25, -0.2) is 0 Å². The number of rotatable bonds is 4. The summed E-state index contributed by atoms with van der Waals surface area (Å²) in [5.41, 5.74) is 0.186. The zero-order valence-electron chi connectivity index (χ0n) is 8.96. The summed E-state index contributed by atoms with van der Waals surface area (Å²) >= 11 is 0. The van der Waals surface area contributed by atoms with Gasteiger partial charge in [-0.05, 0) is 18.8 Å². The molecule has 0 aromatic rings. The maximum absolute atomic E-state index is 11.0. The SMILES string of the molecule is CC(O)CC(=O)OCCC(C)(C)C. The average molecular weight is 188 g/mol. The van der Waals surface area contributed by atoms with E-state index < -0.39 is 6.10 Å². The molecule has 0 aliphatic rings. The van der Waals surface area contributed by atoms with Crippen LogP contribution in [-0.2, 0) is 9.53 Å². The first kappa shape index (κ1) is 12.4. The predicted octanol–water partition coefficient (Wildman–Crippen LogP) is 1.74. The van der Waals surface area contributed by atoms with Gasteiger partial charge in [-0.1, -0.05) is 20.8 Å². The number of esters is 1. The van der Waals surface area contributed by atoms with Crippen LogP contribution >= 0.6 is 0 Å². The third-order valence-corrected chi connectivity index (χ3v) is 1.58. The lowest BCUT2D eigenvalue weighted by Gasteiger charge is -2.17. The van der Waals surface area contributed by atoms with Crippen LogP contribution in [0.1, 0.15) is 40.5 Å². The van der Waals surface area contributed by atoms with E-state index in [1.807, 2.05) is 0 Å². The van der Waals surface area contributed by atoms with Gasteiger partial charge in [0, 0.05) is 0 Å². The van der Waals surface area contributed by atoms with E-state index in [0.717, 1.165) is 6.42 Å². The van der Waals surface area contributed by atoms with E-state index in [2.05, 4.69) is 20.8 Å². The Labute approximate surface area is 80.1 Å². The topological polar surface area (TPSA) is 46.5 Å². The predicted molar refractivity (Wildman–Crippen MR) is 51.3 cm³/mol. The van der Waals surface area contributed by atoms with Gasteiger partial charge in [-0.15, -0.1) is 0 Å². The molecular weight excluding hydrogens is 168 g/mol. The summed E-state index contributed by atoms with van der Waals surface area (Å²) in [6, 6.07) is 0. The van der Waals surface area contributed by atoms with Crippen LogP contribution in [0.5, 0.6) is 0 Å². The first-order valence-electron chi connectivity index (χ1n) is 4.65. The van der Waals surface area contributed by atoms with Crippen LogP contribution in [0.15, 0.2) is 0 Å². The van der Waals surface area contributed by atoms with Crippen molar-refractivity contribution in [3.63, 3.8) is 0 Å². The minimum Gasteiger partial charge on any atom is -0.466 e. The van der Waals surface area contributed by atoms with Crippen LogP contribution < -0.4 is 0 Å². The molecule has 0 aliphatic heterocycles. The van der Waals surface area contributed by atoms with Crippen LogP contribution in [0.25, 0.3) is 0 Å². The van der Waals surface area contributed by atoms with Crippen LogP contribution in [0.3, 0.4) is 0 Å². The van der Waals surface area contributed by atoms with Crippen LogP contribution in [0.2, 0.25) is 0 Å². The lowest BCUT2D eigenvalue weighted by atomic mass is 9.93. The van der Waals surface area contributed by atoms with Crippen molar-refractivity contribution in [3.05, 3.63) is 0 Å². The first-order valence-corrected chi connectivity index (χ1v) is 4.65. The summed E-state index contributed by atoms with van der Waals surface area (Å²) in [5, 5.41) is 8.88. The molecule has 0 heterocycles. The van der Waals surface area contributed by atoms with E-state index in [9.17, 15) is 4.79 Å². The molecule has 0 amide bonds.